The lowest BCUT2D eigenvalue weighted by Gasteiger charge is -2.18. The number of aromatic nitrogens is 1. The molecule has 4 heteroatoms. The van der Waals surface area contributed by atoms with Gasteiger partial charge >= 0.3 is 0 Å². The maximum absolute atomic E-state index is 13.9. The van der Waals surface area contributed by atoms with E-state index in [4.69, 9.17) is 0 Å². The van der Waals surface area contributed by atoms with Crippen molar-refractivity contribution in [3.63, 3.8) is 0 Å². The number of amides is 1. The van der Waals surface area contributed by atoms with E-state index in [1.165, 1.54) is 56.2 Å². The molecule has 0 radical (unpaired) electrons. The second-order valence-corrected chi connectivity index (χ2v) is 14.0. The maximum atomic E-state index is 13.9. The number of carbonyl (C=O) groups excluding carboxylic acids is 1. The lowest BCUT2D eigenvalue weighted by atomic mass is 9.88. The van der Waals surface area contributed by atoms with Crippen LogP contribution in [0.5, 0.6) is 0 Å². The fraction of sp³-hybridized carbons (Fsp3) is 0.457. The Morgan fingerprint density at radius 3 is 2.16 bits per heavy atom. The smallest absolute Gasteiger partial charge is 0.268 e. The Hall–Kier alpha value is -3.92. The summed E-state index contributed by atoms with van der Waals surface area (Å²) in [5.74, 6) is 0.729. The molecule has 0 saturated heterocycles. The SMILES string of the molecule is C=C/C(=C\C=C(/C)F)c1c(CCCC(C)CC(C)CC(=C)CC)[nH]c(C(=O)NCc2ccc(C)cc2)c1-c1ccccc1.CCCCCCC. The number of hydrogen-bond donors (Lipinski definition) is 2. The minimum atomic E-state index is -0.289. The highest BCUT2D eigenvalue weighted by atomic mass is 19.1. The van der Waals surface area contributed by atoms with E-state index in [-0.39, 0.29) is 11.7 Å². The molecule has 50 heavy (non-hydrogen) atoms. The van der Waals surface area contributed by atoms with Crippen LogP contribution in [0.4, 0.5) is 4.39 Å². The lowest BCUT2D eigenvalue weighted by molar-refractivity contribution is 0.0947. The van der Waals surface area contributed by atoms with E-state index in [1.54, 1.807) is 12.2 Å². The number of allylic oxidation sites excluding steroid dienone is 6. The second-order valence-electron chi connectivity index (χ2n) is 14.0. The predicted octanol–water partition coefficient (Wildman–Crippen LogP) is 13.7. The van der Waals surface area contributed by atoms with Gasteiger partial charge in [-0.3, -0.25) is 4.79 Å². The van der Waals surface area contributed by atoms with Crippen LogP contribution in [0, 0.1) is 18.8 Å². The van der Waals surface area contributed by atoms with Crippen LogP contribution >= 0.6 is 0 Å². The van der Waals surface area contributed by atoms with Crippen molar-refractivity contribution in [1.82, 2.24) is 10.3 Å². The number of benzene rings is 2. The highest BCUT2D eigenvalue weighted by molar-refractivity contribution is 6.04. The number of aromatic amines is 1. The van der Waals surface area contributed by atoms with Gasteiger partial charge < -0.3 is 10.3 Å². The van der Waals surface area contributed by atoms with Crippen LogP contribution in [0.25, 0.3) is 16.7 Å². The van der Waals surface area contributed by atoms with Crippen LogP contribution in [0.3, 0.4) is 0 Å². The summed E-state index contributed by atoms with van der Waals surface area (Å²) in [7, 11) is 0. The Morgan fingerprint density at radius 2 is 1.58 bits per heavy atom. The molecule has 1 heterocycles. The third-order valence-corrected chi connectivity index (χ3v) is 9.21. The molecule has 272 valence electrons. The summed E-state index contributed by atoms with van der Waals surface area (Å²) in [6.07, 6.45) is 18.1. The molecule has 3 nitrogen and oxygen atoms in total. The average molecular weight is 681 g/mol. The molecule has 1 amide bonds. The molecule has 2 unspecified atom stereocenters. The number of halogens is 1. The minimum Gasteiger partial charge on any atom is -0.353 e. The summed E-state index contributed by atoms with van der Waals surface area (Å²) in [5.41, 5.74) is 8.43. The zero-order valence-corrected chi connectivity index (χ0v) is 32.3. The van der Waals surface area contributed by atoms with E-state index in [1.807, 2.05) is 61.5 Å². The van der Waals surface area contributed by atoms with Crippen LogP contribution in [0.15, 0.2) is 97.4 Å². The molecule has 3 rings (SSSR count). The number of aryl methyl sites for hydroxylation is 2. The van der Waals surface area contributed by atoms with Crippen molar-refractivity contribution in [2.45, 2.75) is 126 Å². The normalized spacial score (nSPS) is 12.9. The molecule has 0 spiro atoms. The van der Waals surface area contributed by atoms with Gasteiger partial charge in [-0.25, -0.2) is 4.39 Å². The van der Waals surface area contributed by atoms with Crippen molar-refractivity contribution in [1.29, 1.82) is 0 Å². The molecular weight excluding hydrogens is 616 g/mol. The second kappa shape index (κ2) is 23.5. The van der Waals surface area contributed by atoms with E-state index in [9.17, 15) is 9.18 Å². The molecule has 0 bridgehead atoms. The summed E-state index contributed by atoms with van der Waals surface area (Å²) in [6, 6.07) is 18.1. The minimum absolute atomic E-state index is 0.175. The molecule has 2 atom stereocenters. The zero-order chi connectivity index (χ0) is 36.9. The third kappa shape index (κ3) is 14.9. The van der Waals surface area contributed by atoms with E-state index in [2.05, 4.69) is 58.1 Å². The number of H-pyrrole nitrogens is 1. The van der Waals surface area contributed by atoms with Gasteiger partial charge in [-0.05, 0) is 80.6 Å². The summed E-state index contributed by atoms with van der Waals surface area (Å²) in [5, 5.41) is 3.11. The third-order valence-electron chi connectivity index (χ3n) is 9.21. The van der Waals surface area contributed by atoms with Crippen LogP contribution in [-0.4, -0.2) is 10.9 Å². The Morgan fingerprint density at radius 1 is 0.920 bits per heavy atom. The van der Waals surface area contributed by atoms with Crippen LogP contribution in [-0.2, 0) is 13.0 Å². The van der Waals surface area contributed by atoms with E-state index < -0.39 is 0 Å². The number of carbonyl (C=O) groups is 1. The van der Waals surface area contributed by atoms with E-state index >= 15 is 0 Å². The molecule has 3 aromatic rings. The highest BCUT2D eigenvalue weighted by Crippen LogP contribution is 2.37. The molecule has 0 aliphatic carbocycles. The summed E-state index contributed by atoms with van der Waals surface area (Å²) >= 11 is 0. The largest absolute Gasteiger partial charge is 0.353 e. The molecular formula is C46H65FN2O. The summed E-state index contributed by atoms with van der Waals surface area (Å²) < 4.78 is 13.9. The first-order valence-electron chi connectivity index (χ1n) is 19.0. The lowest BCUT2D eigenvalue weighted by Crippen LogP contribution is -2.23. The van der Waals surface area contributed by atoms with Crippen LogP contribution in [0.1, 0.15) is 139 Å². The molecule has 0 saturated carbocycles. The fourth-order valence-corrected chi connectivity index (χ4v) is 6.39. The van der Waals surface area contributed by atoms with E-state index in [0.717, 1.165) is 72.0 Å². The van der Waals surface area contributed by atoms with Gasteiger partial charge in [0, 0.05) is 23.4 Å². The quantitative estimate of drug-likeness (QED) is 0.0696. The fourth-order valence-electron chi connectivity index (χ4n) is 6.39. The Balaban J connectivity index is 0.00000112. The molecule has 0 aliphatic heterocycles. The standard InChI is InChI=1S/C39H49FN2O.C7H16/c1-8-27(3)24-30(6)25-29(5)14-13-17-35-36(33(9-2)23-20-31(7)40)37(34-15-11-10-12-16-34)38(42-35)39(43)41-26-32-21-18-28(4)19-22-32;1-3-5-7-6-4-2/h9-12,15-16,18-23,29-30,42H,2-3,8,13-14,17,24-26H2,1,4-7H3,(H,41,43);3-7H2,1-2H3/b31-20+,33-23+;. The molecule has 2 N–H and O–H groups in total. The summed E-state index contributed by atoms with van der Waals surface area (Å²) in [6.45, 7) is 23.4. The number of unbranched alkanes of at least 4 members (excludes halogenated alkanes) is 4. The van der Waals surface area contributed by atoms with Crippen molar-refractivity contribution in [3.05, 3.63) is 125 Å². The van der Waals surface area contributed by atoms with Crippen molar-refractivity contribution in [2.75, 3.05) is 0 Å². The molecule has 2 aromatic carbocycles. The number of hydrogen-bond acceptors (Lipinski definition) is 1. The van der Waals surface area contributed by atoms with Gasteiger partial charge in [-0.2, -0.15) is 0 Å². The van der Waals surface area contributed by atoms with E-state index in [0.29, 0.717) is 24.1 Å². The van der Waals surface area contributed by atoms with Gasteiger partial charge in [0.1, 0.15) is 5.69 Å². The first kappa shape index (κ1) is 42.2. The zero-order valence-electron chi connectivity index (χ0n) is 32.3. The highest BCUT2D eigenvalue weighted by Gasteiger charge is 2.25. The first-order chi connectivity index (χ1) is 24.0. The number of nitrogens with one attached hydrogen (secondary N) is 2. The van der Waals surface area contributed by atoms with Gasteiger partial charge in [-0.15, -0.1) is 0 Å². The average Bonchev–Trinajstić information content (AvgIpc) is 3.48. The van der Waals surface area contributed by atoms with Crippen LogP contribution in [0.2, 0.25) is 0 Å². The van der Waals surface area contributed by atoms with Gasteiger partial charge in [0.15, 0.2) is 0 Å². The van der Waals surface area contributed by atoms with Gasteiger partial charge in [-0.1, -0.05) is 164 Å². The Bertz CT molecular complexity index is 1500. The maximum Gasteiger partial charge on any atom is 0.268 e. The van der Waals surface area contributed by atoms with Crippen molar-refractivity contribution < 1.29 is 9.18 Å². The Labute approximate surface area is 304 Å². The number of rotatable bonds is 20. The van der Waals surface area contributed by atoms with Crippen molar-refractivity contribution >= 4 is 11.5 Å². The molecule has 0 fully saturated rings. The predicted molar refractivity (Wildman–Crippen MR) is 216 cm³/mol. The van der Waals surface area contributed by atoms with Gasteiger partial charge in [0.25, 0.3) is 5.91 Å². The monoisotopic (exact) mass is 681 g/mol. The summed E-state index contributed by atoms with van der Waals surface area (Å²) in [4.78, 5) is 17.3. The first-order valence-corrected chi connectivity index (χ1v) is 19.0. The molecule has 1 aromatic heterocycles. The topological polar surface area (TPSA) is 44.9 Å². The molecule has 0 aliphatic rings. The van der Waals surface area contributed by atoms with Crippen LogP contribution < -0.4 is 5.32 Å². The Kier molecular flexibility index (Phi) is 19.8. The van der Waals surface area contributed by atoms with Gasteiger partial charge in [0.2, 0.25) is 0 Å². The van der Waals surface area contributed by atoms with Gasteiger partial charge in [0.05, 0.1) is 5.83 Å². The van der Waals surface area contributed by atoms with Crippen molar-refractivity contribution in [2.24, 2.45) is 11.8 Å². The van der Waals surface area contributed by atoms with Crippen molar-refractivity contribution in [3.8, 4) is 11.1 Å².